The van der Waals surface area contributed by atoms with Crippen LogP contribution in [-0.2, 0) is 19.1 Å². The van der Waals surface area contributed by atoms with Gasteiger partial charge >= 0.3 is 5.97 Å². The molecule has 2 fully saturated rings. The number of imide groups is 1. The second-order valence-corrected chi connectivity index (χ2v) is 12.2. The fraction of sp³-hybridized carbons (Fsp3) is 0.323. The molecule has 3 aromatic rings. The van der Waals surface area contributed by atoms with E-state index in [4.69, 9.17) is 4.74 Å². The van der Waals surface area contributed by atoms with Crippen LogP contribution in [0.3, 0.4) is 0 Å². The van der Waals surface area contributed by atoms with Crippen molar-refractivity contribution < 1.29 is 19.1 Å². The molecule has 1 N–H and O–H groups in total. The number of carbonyl (C=O) groups is 3. The minimum Gasteiger partial charge on any atom is -0.451 e. The van der Waals surface area contributed by atoms with Crippen LogP contribution in [0.25, 0.3) is 0 Å². The summed E-state index contributed by atoms with van der Waals surface area (Å²) in [6.07, 6.45) is 0.0714. The van der Waals surface area contributed by atoms with Crippen molar-refractivity contribution in [3.63, 3.8) is 0 Å². The number of benzene rings is 3. The molecule has 2 aliphatic rings. The van der Waals surface area contributed by atoms with Crippen molar-refractivity contribution in [2.75, 3.05) is 6.54 Å². The highest BCUT2D eigenvalue weighted by Gasteiger charge is 2.48. The molecule has 0 aliphatic carbocycles. The van der Waals surface area contributed by atoms with Gasteiger partial charge in [-0.2, -0.15) is 0 Å². The van der Waals surface area contributed by atoms with E-state index in [1.165, 1.54) is 4.90 Å². The van der Waals surface area contributed by atoms with Crippen molar-refractivity contribution in [3.05, 3.63) is 108 Å². The molecule has 0 aromatic heterocycles. The number of ether oxygens (including phenoxy) is 1. The molecule has 3 aromatic carbocycles. The Labute approximate surface area is 227 Å². The Morgan fingerprint density at radius 2 is 1.39 bits per heavy atom. The lowest BCUT2D eigenvalue weighted by molar-refractivity contribution is -0.150. The van der Waals surface area contributed by atoms with Crippen molar-refractivity contribution in [2.45, 2.75) is 54.9 Å². The number of piperidine rings is 1. The van der Waals surface area contributed by atoms with Gasteiger partial charge in [0.25, 0.3) is 0 Å². The highest BCUT2D eigenvalue weighted by molar-refractivity contribution is 8.01. The molecule has 0 radical (unpaired) electrons. The van der Waals surface area contributed by atoms with Gasteiger partial charge in [0.15, 0.2) is 6.10 Å². The van der Waals surface area contributed by atoms with Gasteiger partial charge in [-0.3, -0.25) is 24.6 Å². The molecule has 2 heterocycles. The van der Waals surface area contributed by atoms with Gasteiger partial charge in [-0.15, -0.1) is 11.8 Å². The van der Waals surface area contributed by atoms with E-state index in [-0.39, 0.29) is 35.6 Å². The number of amides is 2. The average molecular weight is 529 g/mol. The van der Waals surface area contributed by atoms with Gasteiger partial charge < -0.3 is 4.74 Å². The highest BCUT2D eigenvalue weighted by atomic mass is 32.2. The third-order valence-corrected chi connectivity index (χ3v) is 8.64. The average Bonchev–Trinajstić information content (AvgIpc) is 3.24. The monoisotopic (exact) mass is 528 g/mol. The molecule has 196 valence electrons. The predicted octanol–water partition coefficient (Wildman–Crippen LogP) is 5.06. The second-order valence-electron chi connectivity index (χ2n) is 10.4. The zero-order chi connectivity index (χ0) is 26.7. The number of likely N-dealkylation sites (tertiary alicyclic amines) is 1. The minimum atomic E-state index is -0.598. The van der Waals surface area contributed by atoms with Gasteiger partial charge in [0.2, 0.25) is 11.8 Å². The topological polar surface area (TPSA) is 75.7 Å². The minimum absolute atomic E-state index is 0.0938. The summed E-state index contributed by atoms with van der Waals surface area (Å²) in [5.74, 6) is -0.795. The summed E-state index contributed by atoms with van der Waals surface area (Å²) in [7, 11) is 0. The standard InChI is InChI=1S/C31H32N2O4S/c1-31(2)29(30(36)37-28(22-14-8-4-9-15-22)23-16-10-5-11-17-23)32-25(38-31)20-33-26(34)18-24(19-27(33)35)21-12-6-3-7-13-21/h3-17,24-25,28-29,32H,18-20H2,1-2H3/t25?,29-/m0/s1. The Morgan fingerprint density at radius 3 is 1.92 bits per heavy atom. The molecule has 2 atom stereocenters. The Hall–Kier alpha value is -3.42. The molecule has 2 aliphatic heterocycles. The van der Waals surface area contributed by atoms with Crippen molar-refractivity contribution in [1.82, 2.24) is 10.2 Å². The van der Waals surface area contributed by atoms with Crippen molar-refractivity contribution in [1.29, 1.82) is 0 Å². The largest absolute Gasteiger partial charge is 0.451 e. The maximum absolute atomic E-state index is 13.5. The number of hydrogen-bond acceptors (Lipinski definition) is 6. The quantitative estimate of drug-likeness (QED) is 0.341. The lowest BCUT2D eigenvalue weighted by Crippen LogP contribution is -2.50. The maximum Gasteiger partial charge on any atom is 0.325 e. The molecule has 5 rings (SSSR count). The van der Waals surface area contributed by atoms with Gasteiger partial charge in [-0.1, -0.05) is 91.0 Å². The zero-order valence-corrected chi connectivity index (χ0v) is 22.4. The van der Waals surface area contributed by atoms with Gasteiger partial charge in [0.1, 0.15) is 6.04 Å². The van der Waals surface area contributed by atoms with Crippen LogP contribution in [0.5, 0.6) is 0 Å². The second kappa shape index (κ2) is 11.1. The van der Waals surface area contributed by atoms with E-state index < -0.39 is 16.9 Å². The summed E-state index contributed by atoms with van der Waals surface area (Å²) in [6, 6.07) is 28.5. The maximum atomic E-state index is 13.5. The summed E-state index contributed by atoms with van der Waals surface area (Å²) in [6.45, 7) is 4.20. The van der Waals surface area contributed by atoms with E-state index in [2.05, 4.69) is 5.32 Å². The van der Waals surface area contributed by atoms with Crippen LogP contribution in [0.15, 0.2) is 91.0 Å². The van der Waals surface area contributed by atoms with Gasteiger partial charge in [-0.05, 0) is 30.5 Å². The number of hydrogen-bond donors (Lipinski definition) is 1. The van der Waals surface area contributed by atoms with Crippen LogP contribution >= 0.6 is 11.8 Å². The van der Waals surface area contributed by atoms with Gasteiger partial charge in [0.05, 0.1) is 11.9 Å². The number of nitrogens with one attached hydrogen (secondary N) is 1. The number of esters is 1. The van der Waals surface area contributed by atoms with Crippen LogP contribution in [-0.4, -0.2) is 45.4 Å². The fourth-order valence-electron chi connectivity index (χ4n) is 5.25. The van der Waals surface area contributed by atoms with Gasteiger partial charge in [-0.25, -0.2) is 0 Å². The Bertz CT molecular complexity index is 1230. The SMILES string of the molecule is CC1(C)SC(CN2C(=O)CC(c3ccccc3)CC2=O)N[C@H]1C(=O)OC(c1ccccc1)c1ccccc1. The molecule has 0 spiro atoms. The van der Waals surface area contributed by atoms with E-state index in [1.54, 1.807) is 11.8 Å². The third-order valence-electron chi connectivity index (χ3n) is 7.23. The summed E-state index contributed by atoms with van der Waals surface area (Å²) in [5, 5.41) is 3.09. The Kier molecular flexibility index (Phi) is 7.68. The first kappa shape index (κ1) is 26.2. The summed E-state index contributed by atoms with van der Waals surface area (Å²) >= 11 is 1.56. The van der Waals surface area contributed by atoms with E-state index in [9.17, 15) is 14.4 Å². The van der Waals surface area contributed by atoms with E-state index >= 15 is 0 Å². The third kappa shape index (κ3) is 5.69. The van der Waals surface area contributed by atoms with Crippen molar-refractivity contribution in [2.24, 2.45) is 0 Å². The number of thioether (sulfide) groups is 1. The van der Waals surface area contributed by atoms with Crippen LogP contribution in [0, 0.1) is 0 Å². The molecule has 6 nitrogen and oxygen atoms in total. The summed E-state index contributed by atoms with van der Waals surface area (Å²) < 4.78 is 5.63. The van der Waals surface area contributed by atoms with Crippen molar-refractivity contribution >= 4 is 29.5 Å². The van der Waals surface area contributed by atoms with Crippen LogP contribution in [0.1, 0.15) is 55.4 Å². The molecular formula is C31H32N2O4S. The number of carbonyl (C=O) groups excluding carboxylic acids is 3. The van der Waals surface area contributed by atoms with E-state index in [1.807, 2.05) is 105 Å². The predicted molar refractivity (Wildman–Crippen MR) is 148 cm³/mol. The lowest BCUT2D eigenvalue weighted by Gasteiger charge is -2.32. The van der Waals surface area contributed by atoms with Crippen LogP contribution in [0.2, 0.25) is 0 Å². The van der Waals surface area contributed by atoms with Gasteiger partial charge in [0, 0.05) is 23.5 Å². The lowest BCUT2D eigenvalue weighted by atomic mass is 9.88. The molecule has 38 heavy (non-hydrogen) atoms. The molecule has 0 saturated carbocycles. The molecule has 2 amide bonds. The molecule has 0 bridgehead atoms. The first-order valence-corrected chi connectivity index (χ1v) is 13.8. The zero-order valence-electron chi connectivity index (χ0n) is 21.6. The number of nitrogens with zero attached hydrogens (tertiary/aromatic N) is 1. The first-order chi connectivity index (χ1) is 18.3. The molecule has 1 unspecified atom stereocenters. The summed E-state index contributed by atoms with van der Waals surface area (Å²) in [4.78, 5) is 40.9. The Morgan fingerprint density at radius 1 is 0.895 bits per heavy atom. The first-order valence-electron chi connectivity index (χ1n) is 12.9. The Balaban J connectivity index is 1.26. The normalized spacial score (nSPS) is 21.6. The van der Waals surface area contributed by atoms with E-state index in [0.29, 0.717) is 12.8 Å². The van der Waals surface area contributed by atoms with Crippen LogP contribution in [0.4, 0.5) is 0 Å². The van der Waals surface area contributed by atoms with E-state index in [0.717, 1.165) is 16.7 Å². The summed E-state index contributed by atoms with van der Waals surface area (Å²) in [5.41, 5.74) is 2.80. The smallest absolute Gasteiger partial charge is 0.325 e. The highest BCUT2D eigenvalue weighted by Crippen LogP contribution is 2.40. The molecule has 7 heteroatoms. The molecular weight excluding hydrogens is 496 g/mol. The van der Waals surface area contributed by atoms with Crippen molar-refractivity contribution in [3.8, 4) is 0 Å². The number of rotatable bonds is 7. The van der Waals surface area contributed by atoms with Crippen LogP contribution < -0.4 is 5.32 Å². The fourth-order valence-corrected chi connectivity index (χ4v) is 6.71. The molecule has 2 saturated heterocycles.